The third-order valence-electron chi connectivity index (χ3n) is 8.93. The zero-order valence-electron chi connectivity index (χ0n) is 19.4. The molecule has 1 spiro atoms. The van der Waals surface area contributed by atoms with Crippen LogP contribution in [0.25, 0.3) is 0 Å². The molecule has 1 aromatic carbocycles. The van der Waals surface area contributed by atoms with Crippen molar-refractivity contribution in [1.29, 1.82) is 0 Å². The highest BCUT2D eigenvalue weighted by Gasteiger charge is 2.58. The molecule has 1 heterocycles. The van der Waals surface area contributed by atoms with Crippen LogP contribution in [0.2, 0.25) is 0 Å². The third-order valence-corrected chi connectivity index (χ3v) is 8.93. The van der Waals surface area contributed by atoms with Gasteiger partial charge in [-0.1, -0.05) is 54.8 Å². The molecule has 1 N–H and O–H groups in total. The summed E-state index contributed by atoms with van der Waals surface area (Å²) in [6.45, 7) is 2.41. The Balaban J connectivity index is 1.12. The molecule has 1 saturated heterocycles. The summed E-state index contributed by atoms with van der Waals surface area (Å²) in [4.78, 5) is 27.9. The number of nitrogens with zero attached hydrogens (tertiary/aromatic N) is 1. The van der Waals surface area contributed by atoms with Gasteiger partial charge in [-0.25, -0.2) is 0 Å². The summed E-state index contributed by atoms with van der Waals surface area (Å²) in [6.07, 6.45) is 15.4. The van der Waals surface area contributed by atoms with E-state index in [1.165, 1.54) is 49.7 Å². The Bertz CT molecular complexity index is 861. The van der Waals surface area contributed by atoms with Gasteiger partial charge >= 0.3 is 0 Å². The first-order valence-corrected chi connectivity index (χ1v) is 12.9. The highest BCUT2D eigenvalue weighted by molar-refractivity contribution is 5.83. The summed E-state index contributed by atoms with van der Waals surface area (Å²) in [5.41, 5.74) is 2.98. The van der Waals surface area contributed by atoms with Crippen LogP contribution >= 0.6 is 0 Å². The van der Waals surface area contributed by atoms with Crippen LogP contribution in [0.5, 0.6) is 0 Å². The van der Waals surface area contributed by atoms with E-state index in [2.05, 4.69) is 46.6 Å². The summed E-state index contributed by atoms with van der Waals surface area (Å²) in [7, 11) is 0. The molecule has 4 aliphatic rings. The van der Waals surface area contributed by atoms with Crippen molar-refractivity contribution < 1.29 is 9.59 Å². The van der Waals surface area contributed by atoms with Gasteiger partial charge in [-0.05, 0) is 68.8 Å². The molecule has 3 fully saturated rings. The van der Waals surface area contributed by atoms with Crippen molar-refractivity contribution in [2.75, 3.05) is 19.6 Å². The fourth-order valence-electron chi connectivity index (χ4n) is 6.63. The third kappa shape index (κ3) is 4.38. The van der Waals surface area contributed by atoms with Crippen LogP contribution in [-0.2, 0) is 15.0 Å². The van der Waals surface area contributed by atoms with Gasteiger partial charge in [-0.2, -0.15) is 0 Å². The summed E-state index contributed by atoms with van der Waals surface area (Å²) in [5.74, 6) is 0.690. The number of carbonyl (C=O) groups is 2. The Kier molecular flexibility index (Phi) is 6.14. The van der Waals surface area contributed by atoms with Gasteiger partial charge in [0.1, 0.15) is 0 Å². The fraction of sp³-hybridized carbons (Fsp3) is 0.643. The second-order valence-corrected chi connectivity index (χ2v) is 10.9. The quantitative estimate of drug-likeness (QED) is 0.631. The second-order valence-electron chi connectivity index (χ2n) is 10.9. The molecule has 172 valence electrons. The summed E-state index contributed by atoms with van der Waals surface area (Å²) >= 11 is 0. The van der Waals surface area contributed by atoms with Gasteiger partial charge in [0.15, 0.2) is 0 Å². The van der Waals surface area contributed by atoms with Crippen LogP contribution in [0, 0.1) is 11.3 Å². The van der Waals surface area contributed by atoms with Gasteiger partial charge in [-0.15, -0.1) is 0 Å². The monoisotopic (exact) mass is 434 g/mol. The van der Waals surface area contributed by atoms with Crippen LogP contribution in [0.4, 0.5) is 0 Å². The predicted octanol–water partition coefficient (Wildman–Crippen LogP) is 5.13. The normalized spacial score (nSPS) is 25.9. The minimum Gasteiger partial charge on any atom is -0.355 e. The molecule has 0 aromatic heterocycles. The number of amides is 2. The van der Waals surface area contributed by atoms with Crippen LogP contribution in [0.3, 0.4) is 0 Å². The molecule has 1 atom stereocenters. The van der Waals surface area contributed by atoms with E-state index in [1.807, 2.05) is 0 Å². The molecule has 1 aliphatic heterocycles. The molecule has 3 aliphatic carbocycles. The van der Waals surface area contributed by atoms with Gasteiger partial charge in [0.25, 0.3) is 0 Å². The van der Waals surface area contributed by atoms with Gasteiger partial charge in [0.05, 0.1) is 0 Å². The number of carbonyl (C=O) groups excluding carboxylic acids is 2. The molecule has 4 nitrogen and oxygen atoms in total. The molecule has 2 amide bonds. The standard InChI is InChI=1S/C28H38N2O2/c31-25(19-22-9-3-1-4-10-22)30-17-15-27(16-18-30)20-24(27)26(32)29-21-28(13-7-8-14-28)23-11-5-2-6-12-23/h2,5-6,9,11-12,24H,1,3-4,7-8,10,13-21H2,(H,29,32). The van der Waals surface area contributed by atoms with Gasteiger partial charge in [-0.3, -0.25) is 9.59 Å². The Labute approximate surface area is 192 Å². The number of benzene rings is 1. The van der Waals surface area contributed by atoms with Gasteiger partial charge in [0.2, 0.25) is 11.8 Å². The Morgan fingerprint density at radius 1 is 0.969 bits per heavy atom. The van der Waals surface area contributed by atoms with Crippen molar-refractivity contribution >= 4 is 11.8 Å². The van der Waals surface area contributed by atoms with E-state index in [4.69, 9.17) is 0 Å². The number of hydrogen-bond donors (Lipinski definition) is 1. The fourth-order valence-corrected chi connectivity index (χ4v) is 6.63. The van der Waals surface area contributed by atoms with E-state index in [0.717, 1.165) is 51.7 Å². The minimum atomic E-state index is 0.114. The zero-order chi connectivity index (χ0) is 22.0. The maximum absolute atomic E-state index is 13.1. The molecule has 32 heavy (non-hydrogen) atoms. The predicted molar refractivity (Wildman–Crippen MR) is 127 cm³/mol. The first kappa shape index (κ1) is 21.7. The maximum Gasteiger partial charge on any atom is 0.226 e. The van der Waals surface area contributed by atoms with Crippen LogP contribution in [-0.4, -0.2) is 36.3 Å². The van der Waals surface area contributed by atoms with Crippen molar-refractivity contribution in [2.45, 2.75) is 82.5 Å². The highest BCUT2D eigenvalue weighted by atomic mass is 16.2. The number of piperidine rings is 1. The van der Waals surface area contributed by atoms with E-state index in [0.29, 0.717) is 12.3 Å². The van der Waals surface area contributed by atoms with E-state index in [-0.39, 0.29) is 22.7 Å². The number of nitrogens with one attached hydrogen (secondary N) is 1. The van der Waals surface area contributed by atoms with Crippen LogP contribution in [0.1, 0.15) is 82.6 Å². The molecule has 2 saturated carbocycles. The summed E-state index contributed by atoms with van der Waals surface area (Å²) in [5, 5.41) is 3.36. The molecule has 0 bridgehead atoms. The number of hydrogen-bond acceptors (Lipinski definition) is 2. The van der Waals surface area contributed by atoms with Crippen molar-refractivity contribution in [2.24, 2.45) is 11.3 Å². The van der Waals surface area contributed by atoms with Crippen LogP contribution in [0.15, 0.2) is 42.0 Å². The number of rotatable bonds is 6. The van der Waals surface area contributed by atoms with E-state index >= 15 is 0 Å². The molecule has 0 radical (unpaired) electrons. The second kappa shape index (κ2) is 9.03. The van der Waals surface area contributed by atoms with Crippen molar-refractivity contribution in [3.8, 4) is 0 Å². The molecule has 1 aromatic rings. The molecule has 5 rings (SSSR count). The first-order valence-electron chi connectivity index (χ1n) is 12.9. The topological polar surface area (TPSA) is 49.4 Å². The molecular weight excluding hydrogens is 396 g/mol. The van der Waals surface area contributed by atoms with Crippen molar-refractivity contribution in [3.63, 3.8) is 0 Å². The average Bonchev–Trinajstić information content (AvgIpc) is 3.31. The number of allylic oxidation sites excluding steroid dienone is 1. The summed E-state index contributed by atoms with van der Waals surface area (Å²) in [6, 6.07) is 10.8. The molecule has 4 heteroatoms. The van der Waals surface area contributed by atoms with E-state index < -0.39 is 0 Å². The largest absolute Gasteiger partial charge is 0.355 e. The lowest BCUT2D eigenvalue weighted by Gasteiger charge is -2.34. The zero-order valence-corrected chi connectivity index (χ0v) is 19.4. The van der Waals surface area contributed by atoms with E-state index in [9.17, 15) is 9.59 Å². The SMILES string of the molecule is O=C(NCC1(c2ccccc2)CCCC1)C1CC12CCN(C(=O)CC1=CCCCC1)CC2. The van der Waals surface area contributed by atoms with Crippen molar-refractivity contribution in [3.05, 3.63) is 47.5 Å². The lowest BCUT2D eigenvalue weighted by atomic mass is 9.78. The van der Waals surface area contributed by atoms with Crippen LogP contribution < -0.4 is 5.32 Å². The lowest BCUT2D eigenvalue weighted by Crippen LogP contribution is -2.42. The smallest absolute Gasteiger partial charge is 0.226 e. The van der Waals surface area contributed by atoms with Crippen molar-refractivity contribution in [1.82, 2.24) is 10.2 Å². The first-order chi connectivity index (χ1) is 15.6. The molecular formula is C28H38N2O2. The Morgan fingerprint density at radius 2 is 1.72 bits per heavy atom. The summed E-state index contributed by atoms with van der Waals surface area (Å²) < 4.78 is 0. The van der Waals surface area contributed by atoms with Gasteiger partial charge in [0, 0.05) is 37.4 Å². The average molecular weight is 435 g/mol. The maximum atomic E-state index is 13.1. The van der Waals surface area contributed by atoms with Gasteiger partial charge < -0.3 is 10.2 Å². The molecule has 1 unspecified atom stereocenters. The van der Waals surface area contributed by atoms with E-state index in [1.54, 1.807) is 0 Å². The number of likely N-dealkylation sites (tertiary alicyclic amines) is 1. The Hall–Kier alpha value is -2.10. The Morgan fingerprint density at radius 3 is 2.41 bits per heavy atom. The minimum absolute atomic E-state index is 0.114. The highest BCUT2D eigenvalue weighted by Crippen LogP contribution is 2.59. The lowest BCUT2D eigenvalue weighted by molar-refractivity contribution is -0.132.